The van der Waals surface area contributed by atoms with E-state index in [9.17, 15) is 5.53 Å². The summed E-state index contributed by atoms with van der Waals surface area (Å²) in [6.45, 7) is 13.8. The van der Waals surface area contributed by atoms with Crippen LogP contribution in [0.4, 0.5) is 0 Å². The number of nitrogens with zero attached hydrogens (tertiary/aromatic N) is 2. The van der Waals surface area contributed by atoms with Crippen molar-refractivity contribution < 1.29 is 4.70 Å². The number of rotatable bonds is 46. The summed E-state index contributed by atoms with van der Waals surface area (Å²) in [6.07, 6.45) is 58.7. The molecule has 0 spiro atoms. The van der Waals surface area contributed by atoms with Crippen LogP contribution in [0.1, 0.15) is 338 Å². The normalized spacial score (nSPS) is 12.7. The molecule has 0 saturated heterocycles. The lowest BCUT2D eigenvalue weighted by molar-refractivity contribution is -0.345. The van der Waals surface area contributed by atoms with Gasteiger partial charge in [-0.25, -0.2) is 4.70 Å². The highest BCUT2D eigenvalue weighted by Gasteiger charge is 2.36. The van der Waals surface area contributed by atoms with E-state index in [2.05, 4.69) is 89.8 Å². The molecule has 0 unspecified atom stereocenters. The Morgan fingerprint density at radius 1 is 0.310 bits per heavy atom. The lowest BCUT2D eigenvalue weighted by atomic mass is 9.92. The van der Waals surface area contributed by atoms with Crippen LogP contribution in [0.5, 0.6) is 0 Å². The van der Waals surface area contributed by atoms with Gasteiger partial charge in [-0.05, 0) is 117 Å². The van der Waals surface area contributed by atoms with Crippen LogP contribution >= 0.6 is 0 Å². The van der Waals surface area contributed by atoms with Gasteiger partial charge in [-0.3, -0.25) is 0 Å². The summed E-state index contributed by atoms with van der Waals surface area (Å²) in [5.74, 6) is 7.56. The molecule has 1 aliphatic rings. The highest BCUT2D eigenvalue weighted by atomic mass is 15.2. The van der Waals surface area contributed by atoms with Crippen LogP contribution < -0.4 is 0 Å². The molecular formula is C69H114N2. The second-order valence-electron chi connectivity index (χ2n) is 22.4. The molecule has 2 aromatic rings. The number of unbranched alkanes of at least 4 members (excludes halogenated alkanes) is 34. The molecule has 0 aliphatic carbocycles. The molecule has 0 bridgehead atoms. The van der Waals surface area contributed by atoms with Gasteiger partial charge >= 0.3 is 0 Å². The van der Waals surface area contributed by atoms with Gasteiger partial charge in [-0.15, -0.1) is 0 Å². The third-order valence-electron chi connectivity index (χ3n) is 15.6. The maximum absolute atomic E-state index is 12.8. The van der Waals surface area contributed by atoms with E-state index in [4.69, 9.17) is 0 Å². The monoisotopic (exact) mass is 971 g/mol. The third kappa shape index (κ3) is 27.3. The number of hydrogen-bond donors (Lipinski definition) is 0. The number of aryl methyl sites for hydroxylation is 4. The summed E-state index contributed by atoms with van der Waals surface area (Å²) in [5.41, 5.74) is 25.0. The molecule has 71 heavy (non-hydrogen) atoms. The molecule has 0 saturated carbocycles. The second kappa shape index (κ2) is 42.4. The van der Waals surface area contributed by atoms with E-state index >= 15 is 0 Å². The quantitative estimate of drug-likeness (QED) is 0.0359. The summed E-state index contributed by atoms with van der Waals surface area (Å²) in [6, 6.07) is 14.5. The molecule has 0 atom stereocenters. The average molecular weight is 972 g/mol. The maximum atomic E-state index is 12.8. The van der Waals surface area contributed by atoms with Gasteiger partial charge < -0.3 is 5.53 Å². The smallest absolute Gasteiger partial charge is 0.223 e. The minimum atomic E-state index is 0.924. The van der Waals surface area contributed by atoms with Crippen LogP contribution in [-0.4, -0.2) is 4.70 Å². The van der Waals surface area contributed by atoms with Crippen LogP contribution in [0, 0.1) is 11.8 Å². The Bertz CT molecular complexity index is 1740. The van der Waals surface area contributed by atoms with Crippen LogP contribution in [0.2, 0.25) is 0 Å². The van der Waals surface area contributed by atoms with Gasteiger partial charge in [0.2, 0.25) is 11.4 Å². The van der Waals surface area contributed by atoms with Gasteiger partial charge in [-0.1, -0.05) is 277 Å². The molecule has 0 amide bonds. The molecule has 2 aromatic carbocycles. The highest BCUT2D eigenvalue weighted by Crippen LogP contribution is 2.43. The fourth-order valence-electron chi connectivity index (χ4n) is 11.0. The van der Waals surface area contributed by atoms with Crippen molar-refractivity contribution in [1.82, 2.24) is 0 Å². The predicted octanol–water partition coefficient (Wildman–Crippen LogP) is 23.1. The largest absolute Gasteiger partial charge is 0.493 e. The van der Waals surface area contributed by atoms with Crippen molar-refractivity contribution in [3.8, 4) is 11.8 Å². The first-order chi connectivity index (χ1) is 35.0. The van der Waals surface area contributed by atoms with Crippen LogP contribution in [0.25, 0.3) is 16.9 Å². The van der Waals surface area contributed by atoms with Crippen molar-refractivity contribution in [1.29, 1.82) is 0 Å². The van der Waals surface area contributed by atoms with Gasteiger partial charge in [-0.2, -0.15) is 0 Å². The third-order valence-corrected chi connectivity index (χ3v) is 15.6. The zero-order chi connectivity index (χ0) is 50.8. The molecule has 2 heteroatoms. The van der Waals surface area contributed by atoms with E-state index in [1.807, 2.05) is 0 Å². The molecule has 0 fully saturated rings. The zero-order valence-corrected chi connectivity index (χ0v) is 48.2. The van der Waals surface area contributed by atoms with Crippen molar-refractivity contribution in [3.63, 3.8) is 0 Å². The molecule has 0 aromatic heterocycles. The first-order valence-corrected chi connectivity index (χ1v) is 31.7. The molecule has 0 N–H and O–H groups in total. The van der Waals surface area contributed by atoms with Crippen molar-refractivity contribution >= 4 is 11.4 Å². The van der Waals surface area contributed by atoms with Gasteiger partial charge in [0.15, 0.2) is 0 Å². The van der Waals surface area contributed by atoms with E-state index in [0.29, 0.717) is 0 Å². The first-order valence-electron chi connectivity index (χ1n) is 31.7. The summed E-state index contributed by atoms with van der Waals surface area (Å²) < 4.78 is 1.61. The number of hydrogen-bond acceptors (Lipinski definition) is 0. The van der Waals surface area contributed by atoms with E-state index < -0.39 is 0 Å². The van der Waals surface area contributed by atoms with E-state index in [1.54, 1.807) is 4.70 Å². The SMILES string of the molecule is CCCCCCCCCCCCCCCCCCCCCCCCCCCC#CC1=C(c2cc(CCCC)cc(CCCC)c2)[N+](=[N-])C(c2cc(CCCC)cc(CCCC)c2)=C1CCCCCCCC. The second-order valence-corrected chi connectivity index (χ2v) is 22.4. The molecule has 0 radical (unpaired) electrons. The summed E-state index contributed by atoms with van der Waals surface area (Å²) in [7, 11) is 0. The minimum Gasteiger partial charge on any atom is -0.493 e. The first kappa shape index (κ1) is 62.4. The molecule has 1 aliphatic heterocycles. The maximum Gasteiger partial charge on any atom is 0.223 e. The van der Waals surface area contributed by atoms with Gasteiger partial charge in [0.1, 0.15) is 5.57 Å². The van der Waals surface area contributed by atoms with Crippen LogP contribution in [-0.2, 0) is 25.7 Å². The topological polar surface area (TPSA) is 25.3 Å². The highest BCUT2D eigenvalue weighted by molar-refractivity contribution is 5.86. The minimum absolute atomic E-state index is 0.924. The Kier molecular flexibility index (Phi) is 37.3. The van der Waals surface area contributed by atoms with Crippen molar-refractivity contribution in [2.75, 3.05) is 0 Å². The predicted molar refractivity (Wildman–Crippen MR) is 316 cm³/mol. The standard InChI is InChI=1S/C69H114N2/c1-7-13-19-21-23-24-25-26-27-28-29-30-31-32-33-34-35-36-37-38-39-40-41-42-43-45-47-53-67-66(52-46-44-22-20-14-8-2)68(64-56-60(48-15-9-3)54-61(57-64)49-16-10-4)71(70)69(67)65-58-62(50-17-11-5)55-63(59-65)51-18-12-6/h54-59H,7-46,48-52H2,1-6H3. The number of allylic oxidation sites excluding steroid dienone is 2. The molecule has 1 heterocycles. The summed E-state index contributed by atoms with van der Waals surface area (Å²) in [5, 5.41) is 0. The van der Waals surface area contributed by atoms with Crippen molar-refractivity contribution in [3.05, 3.63) is 86.5 Å². The molecular weight excluding hydrogens is 857 g/mol. The van der Waals surface area contributed by atoms with E-state index in [0.717, 1.165) is 73.9 Å². The van der Waals surface area contributed by atoms with Gasteiger partial charge in [0.25, 0.3) is 0 Å². The zero-order valence-electron chi connectivity index (χ0n) is 48.2. The Morgan fingerprint density at radius 3 is 0.915 bits per heavy atom. The molecule has 400 valence electrons. The van der Waals surface area contributed by atoms with Crippen molar-refractivity contribution in [2.24, 2.45) is 0 Å². The fraction of sp³-hybridized carbons (Fsp3) is 0.739. The lowest BCUT2D eigenvalue weighted by Crippen LogP contribution is -2.05. The van der Waals surface area contributed by atoms with E-state index in [1.165, 1.54) is 271 Å². The van der Waals surface area contributed by atoms with Crippen LogP contribution in [0.15, 0.2) is 47.5 Å². The molecule has 2 nitrogen and oxygen atoms in total. The van der Waals surface area contributed by atoms with Crippen molar-refractivity contribution in [2.45, 2.75) is 330 Å². The Morgan fingerprint density at radius 2 is 0.592 bits per heavy atom. The fourth-order valence-corrected chi connectivity index (χ4v) is 11.0. The Hall–Kier alpha value is -2.92. The van der Waals surface area contributed by atoms with Crippen LogP contribution in [0.3, 0.4) is 0 Å². The van der Waals surface area contributed by atoms with Gasteiger partial charge in [0, 0.05) is 23.1 Å². The Balaban J connectivity index is 1.62. The summed E-state index contributed by atoms with van der Waals surface area (Å²) >= 11 is 0. The molecule has 3 rings (SSSR count). The summed E-state index contributed by atoms with van der Waals surface area (Å²) in [4.78, 5) is 0. The van der Waals surface area contributed by atoms with E-state index in [-0.39, 0.29) is 0 Å². The Labute approximate surface area is 442 Å². The van der Waals surface area contributed by atoms with Gasteiger partial charge in [0.05, 0.1) is 0 Å². The lowest BCUT2D eigenvalue weighted by Gasteiger charge is -2.14. The average Bonchev–Trinajstić information content (AvgIpc) is 3.66. The number of benzene rings is 2.